The van der Waals surface area contributed by atoms with Crippen LogP contribution in [-0.2, 0) is 37.0 Å². The van der Waals surface area contributed by atoms with Gasteiger partial charge in [-0.2, -0.15) is 0 Å². The first-order valence-electron chi connectivity index (χ1n) is 20.6. The summed E-state index contributed by atoms with van der Waals surface area (Å²) in [6, 6.07) is 34.5. The van der Waals surface area contributed by atoms with E-state index >= 15 is 0 Å². The third-order valence-electron chi connectivity index (χ3n) is 11.8. The first-order chi connectivity index (χ1) is 28.3. The minimum absolute atomic E-state index is 0.00976. The number of carbonyl (C=O) groups excluding carboxylic acids is 3. The van der Waals surface area contributed by atoms with Crippen LogP contribution in [0.2, 0.25) is 0 Å². The number of anilines is 1. The van der Waals surface area contributed by atoms with Crippen molar-refractivity contribution in [2.24, 2.45) is 0 Å². The van der Waals surface area contributed by atoms with Crippen molar-refractivity contribution in [1.29, 1.82) is 0 Å². The summed E-state index contributed by atoms with van der Waals surface area (Å²) < 4.78 is 13.5. The summed E-state index contributed by atoms with van der Waals surface area (Å²) in [6.07, 6.45) is 4.97. The fraction of sp³-hybridized carbons (Fsp3) is 0.413. The molecule has 3 heterocycles. The second-order valence-electron chi connectivity index (χ2n) is 15.7. The van der Waals surface area contributed by atoms with Gasteiger partial charge in [0.25, 0.3) is 0 Å². The van der Waals surface area contributed by atoms with Gasteiger partial charge in [0, 0.05) is 56.7 Å². The van der Waals surface area contributed by atoms with Crippen LogP contribution in [0.15, 0.2) is 103 Å². The maximum atomic E-state index is 13.3. The topological polar surface area (TPSA) is 153 Å². The Balaban J connectivity index is 0.997. The molecule has 0 aromatic heterocycles. The van der Waals surface area contributed by atoms with Gasteiger partial charge in [-0.3, -0.25) is 19.6 Å². The van der Waals surface area contributed by atoms with E-state index in [1.807, 2.05) is 66.7 Å². The van der Waals surface area contributed by atoms with Gasteiger partial charge >= 0.3 is 0 Å². The summed E-state index contributed by atoms with van der Waals surface area (Å²) in [4.78, 5) is 41.7. The van der Waals surface area contributed by atoms with E-state index in [1.54, 1.807) is 5.48 Å². The molecule has 3 atom stereocenters. The van der Waals surface area contributed by atoms with Gasteiger partial charge in [-0.15, -0.1) is 0 Å². The number of nitrogens with one attached hydrogen (secondary N) is 3. The zero-order valence-electron chi connectivity index (χ0n) is 33.0. The van der Waals surface area contributed by atoms with Crippen LogP contribution in [-0.4, -0.2) is 70.9 Å². The molecular weight excluding hydrogens is 735 g/mol. The number of hydrogen-bond acceptors (Lipinski definition) is 9. The molecule has 3 aliphatic rings. The number of piperidine rings is 1. The monoisotopic (exact) mass is 789 g/mol. The van der Waals surface area contributed by atoms with Crippen molar-refractivity contribution in [1.82, 2.24) is 21.0 Å². The van der Waals surface area contributed by atoms with E-state index in [4.69, 9.17) is 14.7 Å². The number of para-hydroxylation sites is 1. The summed E-state index contributed by atoms with van der Waals surface area (Å²) >= 11 is 0. The number of carbonyl (C=O) groups is 3. The Bertz CT molecular complexity index is 1990. The van der Waals surface area contributed by atoms with Gasteiger partial charge in [-0.25, -0.2) is 5.48 Å². The number of ether oxygens (including phenoxy) is 2. The van der Waals surface area contributed by atoms with E-state index in [1.165, 1.54) is 0 Å². The second kappa shape index (κ2) is 19.6. The minimum atomic E-state index is -0.610. The van der Waals surface area contributed by atoms with E-state index in [-0.39, 0.29) is 43.0 Å². The molecule has 3 aliphatic heterocycles. The van der Waals surface area contributed by atoms with Crippen molar-refractivity contribution in [2.75, 3.05) is 31.2 Å². The van der Waals surface area contributed by atoms with Crippen LogP contribution in [0.1, 0.15) is 92.4 Å². The lowest BCUT2D eigenvalue weighted by Crippen LogP contribution is -2.57. The highest BCUT2D eigenvalue weighted by Crippen LogP contribution is 2.41. The van der Waals surface area contributed by atoms with Crippen molar-refractivity contribution >= 4 is 23.4 Å². The Labute approximate surface area is 340 Å². The average Bonchev–Trinajstić information content (AvgIpc) is 3.59. The lowest BCUT2D eigenvalue weighted by atomic mass is 9.85. The van der Waals surface area contributed by atoms with Gasteiger partial charge in [0.15, 0.2) is 6.29 Å². The van der Waals surface area contributed by atoms with E-state index in [0.29, 0.717) is 39.0 Å². The maximum absolute atomic E-state index is 13.3. The Kier molecular flexibility index (Phi) is 13.8. The van der Waals surface area contributed by atoms with E-state index in [2.05, 4.69) is 56.8 Å². The van der Waals surface area contributed by atoms with Gasteiger partial charge in [0.2, 0.25) is 17.7 Å². The highest BCUT2D eigenvalue weighted by molar-refractivity contribution is 5.93. The third-order valence-corrected chi connectivity index (χ3v) is 11.8. The Morgan fingerprint density at radius 3 is 2.21 bits per heavy atom. The van der Waals surface area contributed by atoms with Crippen LogP contribution in [0.4, 0.5) is 5.69 Å². The number of likely N-dealkylation sites (tertiary alicyclic amines) is 1. The second-order valence-corrected chi connectivity index (χ2v) is 15.7. The fourth-order valence-electron chi connectivity index (χ4n) is 8.45. The zero-order chi connectivity index (χ0) is 40.3. The summed E-state index contributed by atoms with van der Waals surface area (Å²) in [7, 11) is 0. The van der Waals surface area contributed by atoms with Crippen LogP contribution in [0, 0.1) is 0 Å². The molecule has 0 bridgehead atoms. The zero-order valence-corrected chi connectivity index (χ0v) is 33.0. The highest BCUT2D eigenvalue weighted by atomic mass is 16.7. The Morgan fingerprint density at radius 1 is 0.776 bits per heavy atom. The van der Waals surface area contributed by atoms with Gasteiger partial charge in [0.1, 0.15) is 5.54 Å². The first-order valence-corrected chi connectivity index (χ1v) is 20.6. The van der Waals surface area contributed by atoms with E-state index in [9.17, 15) is 19.5 Å². The average molecular weight is 790 g/mol. The molecule has 7 rings (SSSR count). The molecule has 58 heavy (non-hydrogen) atoms. The van der Waals surface area contributed by atoms with Crippen LogP contribution < -0.4 is 21.0 Å². The molecular formula is C46H55N5O7. The number of unbranched alkanes of at least 4 members (excludes halogenated alkanes) is 3. The number of aliphatic hydroxyl groups is 1. The van der Waals surface area contributed by atoms with Gasteiger partial charge in [-0.05, 0) is 77.8 Å². The Morgan fingerprint density at radius 2 is 1.48 bits per heavy atom. The van der Waals surface area contributed by atoms with Gasteiger partial charge in [-0.1, -0.05) is 91.7 Å². The summed E-state index contributed by atoms with van der Waals surface area (Å²) in [6.45, 7) is 3.18. The molecule has 0 radical (unpaired) electrons. The molecule has 306 valence electrons. The van der Waals surface area contributed by atoms with Crippen molar-refractivity contribution < 1.29 is 34.2 Å². The van der Waals surface area contributed by atoms with E-state index < -0.39 is 11.8 Å². The standard InChI is InChI=1S/C46H55N5O7/c52-31-33-18-20-35(21-19-33)41-28-40(30-50-24-22-46(23-25-50)45(55)48-32-51(46)39-14-4-3-5-15-39)57-44(58-41)38-13-9-12-37(27-38)36-11-8-10-34(26-36)29-47-42(53)16-6-1-2-7-17-43(54)49-56/h3-5,8-15,18-21,26-27,40-41,44,52,56H,1-2,6-7,16-17,22-25,28-32H2,(H,47,53)(H,48,55)(H,49,54)/t40-,41+,44+/m0/s1. The smallest absolute Gasteiger partial charge is 0.247 e. The number of amides is 3. The SMILES string of the molecule is O=C(CCCCCCC(=O)NCc1cccc(-c2cccc([C@@H]3O[C@H](CN4CCC5(CC4)C(=O)NCN5c4ccccc4)C[C@H](c4ccc(CO)cc4)O3)c2)c1)NO. The molecule has 0 unspecified atom stereocenters. The van der Waals surface area contributed by atoms with Crippen molar-refractivity contribution in [3.05, 3.63) is 125 Å². The third kappa shape index (κ3) is 10.1. The molecule has 4 aromatic rings. The van der Waals surface area contributed by atoms with Crippen LogP contribution in [0.5, 0.6) is 0 Å². The Hall–Kier alpha value is -5.11. The minimum Gasteiger partial charge on any atom is -0.392 e. The summed E-state index contributed by atoms with van der Waals surface area (Å²) in [5.41, 5.74) is 7.97. The van der Waals surface area contributed by atoms with Gasteiger partial charge in [0.05, 0.1) is 25.5 Å². The molecule has 3 saturated heterocycles. The molecule has 3 fully saturated rings. The van der Waals surface area contributed by atoms with Crippen molar-refractivity contribution in [3.63, 3.8) is 0 Å². The number of nitrogens with zero attached hydrogens (tertiary/aromatic N) is 2. The molecule has 12 nitrogen and oxygen atoms in total. The van der Waals surface area contributed by atoms with Crippen molar-refractivity contribution in [3.8, 4) is 11.1 Å². The lowest BCUT2D eigenvalue weighted by molar-refractivity contribution is -0.253. The normalized spacial score (nSPS) is 20.5. The van der Waals surface area contributed by atoms with Gasteiger partial charge < -0.3 is 35.0 Å². The van der Waals surface area contributed by atoms with Crippen LogP contribution in [0.25, 0.3) is 11.1 Å². The predicted molar refractivity (Wildman–Crippen MR) is 220 cm³/mol. The van der Waals surface area contributed by atoms with Crippen LogP contribution in [0.3, 0.4) is 0 Å². The molecule has 12 heteroatoms. The molecule has 0 saturated carbocycles. The lowest BCUT2D eigenvalue weighted by Gasteiger charge is -2.45. The number of hydrogen-bond donors (Lipinski definition) is 5. The molecule has 1 spiro atoms. The summed E-state index contributed by atoms with van der Waals surface area (Å²) in [5.74, 6) is -0.292. The molecule has 5 N–H and O–H groups in total. The fourth-order valence-corrected chi connectivity index (χ4v) is 8.45. The molecule has 3 amide bonds. The quantitative estimate of drug-likeness (QED) is 0.0502. The number of rotatable bonds is 16. The van der Waals surface area contributed by atoms with Crippen LogP contribution >= 0.6 is 0 Å². The highest BCUT2D eigenvalue weighted by Gasteiger charge is 2.50. The largest absolute Gasteiger partial charge is 0.392 e. The number of benzene rings is 4. The molecule has 0 aliphatic carbocycles. The number of aliphatic hydroxyl groups excluding tert-OH is 1. The molecule has 4 aromatic carbocycles. The maximum Gasteiger partial charge on any atom is 0.247 e. The van der Waals surface area contributed by atoms with E-state index in [0.717, 1.165) is 84.3 Å². The predicted octanol–water partition coefficient (Wildman–Crippen LogP) is 6.28. The number of hydroxylamine groups is 1. The van der Waals surface area contributed by atoms with Crippen molar-refractivity contribution in [2.45, 2.75) is 95.0 Å². The first kappa shape index (κ1) is 41.1. The summed E-state index contributed by atoms with van der Waals surface area (Å²) in [5, 5.41) is 24.4.